The van der Waals surface area contributed by atoms with Crippen molar-refractivity contribution in [3.8, 4) is 0 Å². The number of nitrogens with one attached hydrogen (secondary N) is 2. The van der Waals surface area contributed by atoms with Gasteiger partial charge in [-0.3, -0.25) is 0 Å². The van der Waals surface area contributed by atoms with Gasteiger partial charge in [0, 0.05) is 41.6 Å². The van der Waals surface area contributed by atoms with Crippen LogP contribution in [0.15, 0.2) is 54.6 Å². The first-order chi connectivity index (χ1) is 15.7. The summed E-state index contributed by atoms with van der Waals surface area (Å²) in [4.78, 5) is 13.1. The lowest BCUT2D eigenvalue weighted by molar-refractivity contribution is 0.324. The van der Waals surface area contributed by atoms with Crippen molar-refractivity contribution in [2.45, 2.75) is 38.3 Å². The van der Waals surface area contributed by atoms with Crippen molar-refractivity contribution >= 4 is 44.1 Å². The third-order valence-corrected chi connectivity index (χ3v) is 7.51. The Morgan fingerprint density at radius 3 is 2.56 bits per heavy atom. The first-order valence-electron chi connectivity index (χ1n) is 11.5. The van der Waals surface area contributed by atoms with Crippen LogP contribution in [0.5, 0.6) is 0 Å². The van der Waals surface area contributed by atoms with E-state index in [0.717, 1.165) is 41.7 Å². The largest absolute Gasteiger partial charge is 0.362 e. The molecular weight excluding hydrogens is 414 g/mol. The molecule has 5 nitrogen and oxygen atoms in total. The molecule has 5 rings (SSSR count). The summed E-state index contributed by atoms with van der Waals surface area (Å²) < 4.78 is 1.38. The monoisotopic (exact) mass is 445 g/mol. The van der Waals surface area contributed by atoms with E-state index in [2.05, 4.69) is 58.0 Å². The van der Waals surface area contributed by atoms with Crippen LogP contribution in [0.25, 0.3) is 21.0 Å². The van der Waals surface area contributed by atoms with Gasteiger partial charge >= 0.3 is 0 Å². The van der Waals surface area contributed by atoms with Crippen LogP contribution in [0, 0.1) is 5.92 Å². The van der Waals surface area contributed by atoms with Gasteiger partial charge in [0.1, 0.15) is 5.82 Å². The van der Waals surface area contributed by atoms with Gasteiger partial charge in [-0.2, -0.15) is 4.98 Å². The molecule has 1 aliphatic carbocycles. The van der Waals surface area contributed by atoms with Crippen molar-refractivity contribution in [1.29, 1.82) is 0 Å². The summed E-state index contributed by atoms with van der Waals surface area (Å²) in [6, 6.07) is 19.6. The fourth-order valence-electron chi connectivity index (χ4n) is 4.68. The first-order valence-corrected chi connectivity index (χ1v) is 12.4. The lowest BCUT2D eigenvalue weighted by Crippen LogP contribution is -2.31. The van der Waals surface area contributed by atoms with Crippen molar-refractivity contribution in [3.05, 3.63) is 59.5 Å². The van der Waals surface area contributed by atoms with E-state index in [1.165, 1.54) is 40.6 Å². The Kier molecular flexibility index (Phi) is 6.23. The molecule has 0 amide bonds. The number of aromatic nitrogens is 2. The zero-order valence-electron chi connectivity index (χ0n) is 18.8. The molecule has 1 saturated carbocycles. The van der Waals surface area contributed by atoms with Crippen molar-refractivity contribution < 1.29 is 0 Å². The predicted molar refractivity (Wildman–Crippen MR) is 137 cm³/mol. The Morgan fingerprint density at radius 2 is 1.75 bits per heavy atom. The Labute approximate surface area is 193 Å². The van der Waals surface area contributed by atoms with Gasteiger partial charge in [-0.15, -0.1) is 11.3 Å². The van der Waals surface area contributed by atoms with Gasteiger partial charge in [0.25, 0.3) is 0 Å². The highest BCUT2D eigenvalue weighted by molar-refractivity contribution is 7.19. The van der Waals surface area contributed by atoms with Gasteiger partial charge in [-0.05, 0) is 67.8 Å². The third-order valence-electron chi connectivity index (χ3n) is 6.40. The summed E-state index contributed by atoms with van der Waals surface area (Å²) >= 11 is 1.90. The van der Waals surface area contributed by atoms with Crippen molar-refractivity contribution in [3.63, 3.8) is 0 Å². The molecule has 0 atom stereocenters. The smallest absolute Gasteiger partial charge is 0.225 e. The van der Waals surface area contributed by atoms with Crippen LogP contribution in [0.1, 0.15) is 30.6 Å². The molecule has 0 saturated heterocycles. The summed E-state index contributed by atoms with van der Waals surface area (Å²) in [5.41, 5.74) is 0.993. The van der Waals surface area contributed by atoms with Crippen molar-refractivity contribution in [2.75, 3.05) is 30.9 Å². The molecule has 166 valence electrons. The summed E-state index contributed by atoms with van der Waals surface area (Å²) in [5.74, 6) is 2.47. The van der Waals surface area contributed by atoms with E-state index >= 15 is 0 Å². The maximum Gasteiger partial charge on any atom is 0.225 e. The minimum Gasteiger partial charge on any atom is -0.362 e. The number of thiophene rings is 1. The van der Waals surface area contributed by atoms with Crippen LogP contribution in [0.4, 0.5) is 11.8 Å². The number of nitrogens with zero attached hydrogens (tertiary/aromatic N) is 3. The predicted octanol–water partition coefficient (Wildman–Crippen LogP) is 5.67. The minimum absolute atomic E-state index is 0.449. The molecule has 0 bridgehead atoms. The average molecular weight is 446 g/mol. The Hall–Kier alpha value is -2.70. The molecule has 2 aromatic carbocycles. The number of anilines is 2. The second-order valence-electron chi connectivity index (χ2n) is 9.03. The molecule has 1 aliphatic rings. The summed E-state index contributed by atoms with van der Waals surface area (Å²) in [6.45, 7) is 2.06. The standard InChI is InChI=1S/C26H31N5S/c1-31(2)25-22-8-4-5-9-23(22)29-26(30-25)28-20-13-11-18(12-14-20)16-27-17-21-15-19-7-3-6-10-24(19)32-21/h3-10,15,18,20,27H,11-14,16-17H2,1-2H3,(H,28,29,30)/t18-,20+. The molecule has 0 spiro atoms. The molecule has 0 unspecified atom stereocenters. The number of rotatable bonds is 7. The van der Waals surface area contributed by atoms with E-state index in [9.17, 15) is 0 Å². The molecule has 32 heavy (non-hydrogen) atoms. The van der Waals surface area contributed by atoms with E-state index in [1.54, 1.807) is 0 Å². The zero-order chi connectivity index (χ0) is 21.9. The summed E-state index contributed by atoms with van der Waals surface area (Å²) in [7, 11) is 4.07. The first kappa shape index (κ1) is 21.2. The second kappa shape index (κ2) is 9.43. The molecule has 2 aromatic heterocycles. The number of hydrogen-bond acceptors (Lipinski definition) is 6. The number of benzene rings is 2. The minimum atomic E-state index is 0.449. The van der Waals surface area contributed by atoms with Gasteiger partial charge in [-0.1, -0.05) is 30.3 Å². The van der Waals surface area contributed by atoms with Crippen LogP contribution in [-0.2, 0) is 6.54 Å². The summed E-state index contributed by atoms with van der Waals surface area (Å²) in [6.07, 6.45) is 4.82. The fraction of sp³-hybridized carbons (Fsp3) is 0.385. The SMILES string of the molecule is CN(C)c1nc(N[C@H]2CC[C@@H](CNCc3cc4ccccc4s3)CC2)nc2ccccc12. The molecule has 0 radical (unpaired) electrons. The highest BCUT2D eigenvalue weighted by Crippen LogP contribution is 2.29. The van der Waals surface area contributed by atoms with E-state index < -0.39 is 0 Å². The summed E-state index contributed by atoms with van der Waals surface area (Å²) in [5, 5.41) is 9.76. The van der Waals surface area contributed by atoms with Crippen LogP contribution >= 0.6 is 11.3 Å². The highest BCUT2D eigenvalue weighted by atomic mass is 32.1. The quantitative estimate of drug-likeness (QED) is 0.384. The maximum atomic E-state index is 4.81. The zero-order valence-corrected chi connectivity index (χ0v) is 19.7. The Balaban J connectivity index is 1.13. The van der Waals surface area contributed by atoms with E-state index in [1.807, 2.05) is 37.6 Å². The van der Waals surface area contributed by atoms with Crippen molar-refractivity contribution in [2.24, 2.45) is 5.92 Å². The van der Waals surface area contributed by atoms with Gasteiger partial charge in [0.2, 0.25) is 5.95 Å². The normalized spacial score (nSPS) is 18.8. The lowest BCUT2D eigenvalue weighted by atomic mass is 9.86. The van der Waals surface area contributed by atoms with Crippen LogP contribution in [-0.4, -0.2) is 36.6 Å². The van der Waals surface area contributed by atoms with Gasteiger partial charge in [-0.25, -0.2) is 4.98 Å². The Morgan fingerprint density at radius 1 is 0.969 bits per heavy atom. The molecule has 2 heterocycles. The molecular formula is C26H31N5S. The molecule has 1 fully saturated rings. The molecule has 6 heteroatoms. The third kappa shape index (κ3) is 4.71. The van der Waals surface area contributed by atoms with Crippen LogP contribution in [0.3, 0.4) is 0 Å². The van der Waals surface area contributed by atoms with Crippen molar-refractivity contribution in [1.82, 2.24) is 15.3 Å². The highest BCUT2D eigenvalue weighted by Gasteiger charge is 2.22. The molecule has 0 aliphatic heterocycles. The van der Waals surface area contributed by atoms with Gasteiger partial charge in [0.05, 0.1) is 5.52 Å². The Bertz CT molecular complexity index is 1160. The number of hydrogen-bond donors (Lipinski definition) is 2. The van der Waals surface area contributed by atoms with Crippen LogP contribution in [0.2, 0.25) is 0 Å². The van der Waals surface area contributed by atoms with E-state index in [0.29, 0.717) is 6.04 Å². The fourth-order valence-corrected chi connectivity index (χ4v) is 5.72. The maximum absolute atomic E-state index is 4.81. The average Bonchev–Trinajstić information content (AvgIpc) is 3.22. The topological polar surface area (TPSA) is 53.1 Å². The lowest BCUT2D eigenvalue weighted by Gasteiger charge is -2.29. The van der Waals surface area contributed by atoms with Gasteiger partial charge in [0.15, 0.2) is 0 Å². The van der Waals surface area contributed by atoms with E-state index in [-0.39, 0.29) is 0 Å². The van der Waals surface area contributed by atoms with Crippen LogP contribution < -0.4 is 15.5 Å². The number of para-hydroxylation sites is 1. The molecule has 2 N–H and O–H groups in total. The van der Waals surface area contributed by atoms with E-state index in [4.69, 9.17) is 9.97 Å². The second-order valence-corrected chi connectivity index (χ2v) is 10.2. The molecule has 4 aromatic rings. The number of fused-ring (bicyclic) bond motifs is 2. The van der Waals surface area contributed by atoms with Gasteiger partial charge < -0.3 is 15.5 Å².